The molecular weight excluding hydrogens is 309 g/mol. The van der Waals surface area contributed by atoms with Gasteiger partial charge in [-0.2, -0.15) is 0 Å². The number of unbranched alkanes of at least 4 members (excludes halogenated alkanes) is 6. The van der Waals surface area contributed by atoms with E-state index < -0.39 is 31.9 Å². The molecule has 0 aromatic rings. The first-order valence-electron chi connectivity index (χ1n) is 7.42. The van der Waals surface area contributed by atoms with Crippen molar-refractivity contribution in [3.05, 3.63) is 12.7 Å². The van der Waals surface area contributed by atoms with Crippen LogP contribution in [0.2, 0.25) is 0 Å². The van der Waals surface area contributed by atoms with Crippen LogP contribution in [0.25, 0.3) is 0 Å². The Hall–Kier alpha value is -1.01. The molecule has 0 aliphatic carbocycles. The molecule has 0 aliphatic heterocycles. The third-order valence-electron chi connectivity index (χ3n) is 3.05. The molecular formula is C14H26NO6P. The van der Waals surface area contributed by atoms with Crippen LogP contribution in [0.4, 0.5) is 0 Å². The molecule has 1 amide bonds. The lowest BCUT2D eigenvalue weighted by Gasteiger charge is -2.14. The van der Waals surface area contributed by atoms with Crippen molar-refractivity contribution < 1.29 is 29.1 Å². The molecule has 7 nitrogen and oxygen atoms in total. The molecule has 0 heterocycles. The standard InChI is InChI=1S/C14H26NO6P/c1-2-3-4-5-6-7-8-9-10-15(18)14(17)11-13(16)12-22(19,20)21/h2,18H,1,3-12H2,(H2,19,20,21). The maximum absolute atomic E-state index is 11.5. The number of hydrogen-bond acceptors (Lipinski definition) is 4. The van der Waals surface area contributed by atoms with Gasteiger partial charge in [0, 0.05) is 6.54 Å². The van der Waals surface area contributed by atoms with E-state index in [0.29, 0.717) is 11.5 Å². The molecule has 0 saturated carbocycles. The molecule has 0 bridgehead atoms. The Morgan fingerprint density at radius 3 is 2.14 bits per heavy atom. The molecule has 0 unspecified atom stereocenters. The Morgan fingerprint density at radius 1 is 1.05 bits per heavy atom. The minimum Gasteiger partial charge on any atom is -0.324 e. The number of rotatable bonds is 13. The summed E-state index contributed by atoms with van der Waals surface area (Å²) in [5.41, 5.74) is 0. The van der Waals surface area contributed by atoms with Gasteiger partial charge in [-0.05, 0) is 19.3 Å². The van der Waals surface area contributed by atoms with E-state index in [-0.39, 0.29) is 6.54 Å². The summed E-state index contributed by atoms with van der Waals surface area (Å²) in [5, 5.41) is 9.92. The lowest BCUT2D eigenvalue weighted by atomic mass is 10.1. The fourth-order valence-electron chi connectivity index (χ4n) is 1.93. The number of carbonyl (C=O) groups excluding carboxylic acids is 2. The van der Waals surface area contributed by atoms with Gasteiger partial charge in [0.05, 0.1) is 6.42 Å². The molecule has 0 radical (unpaired) electrons. The molecule has 0 saturated heterocycles. The smallest absolute Gasteiger partial charge is 0.324 e. The maximum Gasteiger partial charge on any atom is 0.332 e. The molecule has 0 fully saturated rings. The predicted octanol–water partition coefficient (Wildman–Crippen LogP) is 2.26. The average Bonchev–Trinajstić information content (AvgIpc) is 2.39. The quantitative estimate of drug-likeness (QED) is 0.119. The second-order valence-electron chi connectivity index (χ2n) is 5.25. The van der Waals surface area contributed by atoms with Crippen molar-refractivity contribution in [2.45, 2.75) is 51.4 Å². The summed E-state index contributed by atoms with van der Waals surface area (Å²) in [5.74, 6) is -1.70. The van der Waals surface area contributed by atoms with Gasteiger partial charge in [-0.1, -0.05) is 31.8 Å². The highest BCUT2D eigenvalue weighted by atomic mass is 31.2. The Bertz CT molecular complexity index is 406. The zero-order valence-corrected chi connectivity index (χ0v) is 13.7. The van der Waals surface area contributed by atoms with Crippen LogP contribution in [0.5, 0.6) is 0 Å². The Kier molecular flexibility index (Phi) is 11.0. The first-order chi connectivity index (χ1) is 10.3. The van der Waals surface area contributed by atoms with Gasteiger partial charge in [0.2, 0.25) is 0 Å². The molecule has 3 N–H and O–H groups in total. The van der Waals surface area contributed by atoms with Crippen molar-refractivity contribution >= 4 is 19.3 Å². The van der Waals surface area contributed by atoms with E-state index in [2.05, 4.69) is 6.58 Å². The molecule has 8 heteroatoms. The molecule has 0 aliphatic rings. The summed E-state index contributed by atoms with van der Waals surface area (Å²) < 4.78 is 10.6. The van der Waals surface area contributed by atoms with Crippen LogP contribution in [0, 0.1) is 0 Å². The van der Waals surface area contributed by atoms with Crippen LogP contribution < -0.4 is 0 Å². The van der Waals surface area contributed by atoms with E-state index in [1.165, 1.54) is 0 Å². The zero-order valence-electron chi connectivity index (χ0n) is 12.8. The van der Waals surface area contributed by atoms with Gasteiger partial charge >= 0.3 is 7.60 Å². The summed E-state index contributed by atoms with van der Waals surface area (Å²) >= 11 is 0. The summed E-state index contributed by atoms with van der Waals surface area (Å²) in [6.07, 6.45) is 7.08. The Balaban J connectivity index is 3.72. The van der Waals surface area contributed by atoms with Crippen molar-refractivity contribution in [2.24, 2.45) is 0 Å². The SMILES string of the molecule is C=CCCCCCCCCN(O)C(=O)CC(=O)CP(=O)(O)O. The van der Waals surface area contributed by atoms with E-state index in [4.69, 9.17) is 9.79 Å². The molecule has 0 aromatic carbocycles. The van der Waals surface area contributed by atoms with Crippen LogP contribution in [0.15, 0.2) is 12.7 Å². The molecule has 128 valence electrons. The van der Waals surface area contributed by atoms with Crippen molar-refractivity contribution in [3.63, 3.8) is 0 Å². The number of amides is 1. The second-order valence-corrected chi connectivity index (χ2v) is 6.90. The van der Waals surface area contributed by atoms with E-state index in [0.717, 1.165) is 38.5 Å². The second kappa shape index (κ2) is 11.5. The maximum atomic E-state index is 11.5. The number of Topliss-reactive ketones (excluding diaryl/α,β-unsaturated/α-hetero) is 1. The Labute approximate surface area is 131 Å². The van der Waals surface area contributed by atoms with Gasteiger partial charge < -0.3 is 9.79 Å². The van der Waals surface area contributed by atoms with Gasteiger partial charge in [0.1, 0.15) is 6.16 Å². The van der Waals surface area contributed by atoms with Crippen molar-refractivity contribution in [2.75, 3.05) is 12.7 Å². The summed E-state index contributed by atoms with van der Waals surface area (Å²) in [7, 11) is -4.46. The predicted molar refractivity (Wildman–Crippen MR) is 82.6 cm³/mol. The minimum atomic E-state index is -4.46. The Morgan fingerprint density at radius 2 is 1.59 bits per heavy atom. The van der Waals surface area contributed by atoms with Gasteiger partial charge in [-0.25, -0.2) is 5.06 Å². The largest absolute Gasteiger partial charge is 0.332 e. The van der Waals surface area contributed by atoms with Crippen LogP contribution in [0.1, 0.15) is 51.4 Å². The van der Waals surface area contributed by atoms with Crippen molar-refractivity contribution in [1.82, 2.24) is 5.06 Å². The first-order valence-corrected chi connectivity index (χ1v) is 9.22. The third kappa shape index (κ3) is 12.7. The lowest BCUT2D eigenvalue weighted by Crippen LogP contribution is -2.30. The first kappa shape index (κ1) is 21.0. The fourth-order valence-corrected chi connectivity index (χ4v) is 2.50. The zero-order chi connectivity index (χ0) is 17.0. The van der Waals surface area contributed by atoms with Gasteiger partial charge in [-0.3, -0.25) is 19.4 Å². The highest BCUT2D eigenvalue weighted by Crippen LogP contribution is 2.34. The van der Waals surface area contributed by atoms with E-state index >= 15 is 0 Å². The summed E-state index contributed by atoms with van der Waals surface area (Å²) in [4.78, 5) is 39.9. The van der Waals surface area contributed by atoms with Crippen molar-refractivity contribution in [1.29, 1.82) is 0 Å². The van der Waals surface area contributed by atoms with Crippen LogP contribution in [-0.4, -0.2) is 44.5 Å². The average molecular weight is 335 g/mol. The van der Waals surface area contributed by atoms with Gasteiger partial charge in [-0.15, -0.1) is 6.58 Å². The topological polar surface area (TPSA) is 115 Å². The number of hydroxylamine groups is 2. The minimum absolute atomic E-state index is 0.120. The van der Waals surface area contributed by atoms with E-state index in [9.17, 15) is 19.4 Å². The summed E-state index contributed by atoms with van der Waals surface area (Å²) in [6, 6.07) is 0. The number of nitrogens with zero attached hydrogens (tertiary/aromatic N) is 1. The fraction of sp³-hybridized carbons (Fsp3) is 0.714. The molecule has 0 spiro atoms. The van der Waals surface area contributed by atoms with E-state index in [1.807, 2.05) is 6.08 Å². The van der Waals surface area contributed by atoms with Gasteiger partial charge in [0.15, 0.2) is 5.78 Å². The number of allylic oxidation sites excluding steroid dienone is 1. The van der Waals surface area contributed by atoms with Crippen LogP contribution in [-0.2, 0) is 14.2 Å². The number of carbonyl (C=O) groups is 2. The molecule has 22 heavy (non-hydrogen) atoms. The monoisotopic (exact) mass is 335 g/mol. The highest BCUT2D eigenvalue weighted by molar-refractivity contribution is 7.52. The molecule has 0 aromatic heterocycles. The molecule has 0 atom stereocenters. The van der Waals surface area contributed by atoms with Crippen LogP contribution in [0.3, 0.4) is 0 Å². The normalized spacial score (nSPS) is 11.2. The van der Waals surface area contributed by atoms with Gasteiger partial charge in [0.25, 0.3) is 5.91 Å². The number of hydrogen-bond donors (Lipinski definition) is 3. The third-order valence-corrected chi connectivity index (χ3v) is 3.81. The molecule has 0 rings (SSSR count). The number of ketones is 1. The van der Waals surface area contributed by atoms with Crippen LogP contribution >= 0.6 is 7.60 Å². The van der Waals surface area contributed by atoms with Crippen molar-refractivity contribution in [3.8, 4) is 0 Å². The lowest BCUT2D eigenvalue weighted by molar-refractivity contribution is -0.166. The highest BCUT2D eigenvalue weighted by Gasteiger charge is 2.22. The summed E-state index contributed by atoms with van der Waals surface area (Å²) in [6.45, 7) is 3.77. The van der Waals surface area contributed by atoms with E-state index in [1.54, 1.807) is 0 Å².